The number of benzene rings is 2. The number of aromatic nitrogens is 2. The van der Waals surface area contributed by atoms with Crippen molar-refractivity contribution in [2.24, 2.45) is 0 Å². The normalized spacial score (nSPS) is 15.1. The second kappa shape index (κ2) is 8.48. The molecular weight excluding hydrogens is 438 g/mol. The molecule has 1 fully saturated rings. The molecule has 0 atom stereocenters. The molecule has 0 bridgehead atoms. The SMILES string of the molecule is O=C(Cn1cnc2ccccc2c1=O)N1CCN(S(=O)(=O)c2ccc([N+](=O)[O-])cc2)CC1. The van der Waals surface area contributed by atoms with Crippen LogP contribution in [0.3, 0.4) is 0 Å². The quantitative estimate of drug-likeness (QED) is 0.409. The number of rotatable bonds is 5. The van der Waals surface area contributed by atoms with Gasteiger partial charge in [-0.3, -0.25) is 24.3 Å². The highest BCUT2D eigenvalue weighted by molar-refractivity contribution is 7.89. The Labute approximate surface area is 182 Å². The maximum absolute atomic E-state index is 12.8. The largest absolute Gasteiger partial charge is 0.338 e. The van der Waals surface area contributed by atoms with Gasteiger partial charge in [0, 0.05) is 38.3 Å². The third-order valence-corrected chi connectivity index (χ3v) is 7.23. The number of hydrogen-bond donors (Lipinski definition) is 0. The number of nitro groups is 1. The lowest BCUT2D eigenvalue weighted by atomic mass is 10.2. The van der Waals surface area contributed by atoms with Crippen molar-refractivity contribution in [2.45, 2.75) is 11.4 Å². The van der Waals surface area contributed by atoms with Crippen LogP contribution in [0.2, 0.25) is 0 Å². The Bertz CT molecular complexity index is 1340. The van der Waals surface area contributed by atoms with Crippen molar-refractivity contribution in [2.75, 3.05) is 26.2 Å². The lowest BCUT2D eigenvalue weighted by Gasteiger charge is -2.34. The van der Waals surface area contributed by atoms with Gasteiger partial charge in [0.2, 0.25) is 15.9 Å². The predicted octanol–water partition coefficient (Wildman–Crippen LogP) is 0.838. The first kappa shape index (κ1) is 21.6. The van der Waals surface area contributed by atoms with Crippen LogP contribution < -0.4 is 5.56 Å². The van der Waals surface area contributed by atoms with Gasteiger partial charge in [0.25, 0.3) is 11.2 Å². The minimum atomic E-state index is -3.84. The van der Waals surface area contributed by atoms with Gasteiger partial charge in [-0.1, -0.05) is 12.1 Å². The first-order chi connectivity index (χ1) is 15.3. The number of nitro benzene ring substituents is 1. The number of piperazine rings is 1. The van der Waals surface area contributed by atoms with Gasteiger partial charge in [0.05, 0.1) is 27.0 Å². The molecule has 1 aliphatic rings. The zero-order valence-electron chi connectivity index (χ0n) is 16.8. The maximum Gasteiger partial charge on any atom is 0.269 e. The molecule has 166 valence electrons. The van der Waals surface area contributed by atoms with E-state index in [2.05, 4.69) is 4.98 Å². The summed E-state index contributed by atoms with van der Waals surface area (Å²) < 4.78 is 28.1. The Hall–Kier alpha value is -3.64. The summed E-state index contributed by atoms with van der Waals surface area (Å²) in [6, 6.07) is 11.5. The number of non-ortho nitro benzene ring substituents is 1. The van der Waals surface area contributed by atoms with Crippen LogP contribution in [0.1, 0.15) is 0 Å². The zero-order chi connectivity index (χ0) is 22.9. The number of amides is 1. The average molecular weight is 457 g/mol. The summed E-state index contributed by atoms with van der Waals surface area (Å²) in [6.45, 7) is 0.305. The monoisotopic (exact) mass is 457 g/mol. The van der Waals surface area contributed by atoms with Crippen molar-refractivity contribution in [3.05, 3.63) is 75.3 Å². The number of para-hydroxylation sites is 1. The summed E-state index contributed by atoms with van der Waals surface area (Å²) in [5.74, 6) is -0.309. The molecule has 32 heavy (non-hydrogen) atoms. The van der Waals surface area contributed by atoms with Crippen LogP contribution >= 0.6 is 0 Å². The van der Waals surface area contributed by atoms with E-state index in [0.717, 1.165) is 12.1 Å². The first-order valence-electron chi connectivity index (χ1n) is 9.74. The van der Waals surface area contributed by atoms with Crippen molar-refractivity contribution in [1.82, 2.24) is 18.8 Å². The van der Waals surface area contributed by atoms with Crippen LogP contribution in [-0.4, -0.2) is 64.2 Å². The Morgan fingerprint density at radius 3 is 2.34 bits per heavy atom. The predicted molar refractivity (Wildman–Crippen MR) is 114 cm³/mol. The summed E-state index contributed by atoms with van der Waals surface area (Å²) in [7, 11) is -3.84. The van der Waals surface area contributed by atoms with E-state index in [4.69, 9.17) is 0 Å². The van der Waals surface area contributed by atoms with E-state index < -0.39 is 14.9 Å². The van der Waals surface area contributed by atoms with E-state index in [1.807, 2.05) is 0 Å². The van der Waals surface area contributed by atoms with Crippen LogP contribution in [0.5, 0.6) is 0 Å². The number of carbonyl (C=O) groups excluding carboxylic acids is 1. The van der Waals surface area contributed by atoms with Crippen LogP contribution in [0.25, 0.3) is 10.9 Å². The van der Waals surface area contributed by atoms with E-state index in [1.54, 1.807) is 24.3 Å². The van der Waals surface area contributed by atoms with Gasteiger partial charge in [-0.2, -0.15) is 4.31 Å². The van der Waals surface area contributed by atoms with E-state index >= 15 is 0 Å². The fraction of sp³-hybridized carbons (Fsp3) is 0.250. The van der Waals surface area contributed by atoms with E-state index in [0.29, 0.717) is 10.9 Å². The van der Waals surface area contributed by atoms with Crippen LogP contribution in [0.4, 0.5) is 5.69 Å². The molecule has 1 amide bonds. The fourth-order valence-electron chi connectivity index (χ4n) is 3.53. The second-order valence-corrected chi connectivity index (χ2v) is 9.17. The van der Waals surface area contributed by atoms with Gasteiger partial charge in [0.15, 0.2) is 0 Å². The van der Waals surface area contributed by atoms with E-state index in [9.17, 15) is 28.1 Å². The third kappa shape index (κ3) is 4.09. The average Bonchev–Trinajstić information content (AvgIpc) is 2.81. The van der Waals surface area contributed by atoms with Crippen molar-refractivity contribution in [1.29, 1.82) is 0 Å². The second-order valence-electron chi connectivity index (χ2n) is 7.23. The highest BCUT2D eigenvalue weighted by Gasteiger charge is 2.30. The lowest BCUT2D eigenvalue weighted by Crippen LogP contribution is -2.51. The topological polar surface area (TPSA) is 136 Å². The van der Waals surface area contributed by atoms with Gasteiger partial charge < -0.3 is 4.90 Å². The molecule has 2 heterocycles. The molecule has 0 aliphatic carbocycles. The van der Waals surface area contributed by atoms with Gasteiger partial charge in [-0.15, -0.1) is 0 Å². The van der Waals surface area contributed by atoms with Gasteiger partial charge >= 0.3 is 0 Å². The molecule has 0 saturated carbocycles. The summed E-state index contributed by atoms with van der Waals surface area (Å²) in [5.41, 5.74) is 0.0346. The van der Waals surface area contributed by atoms with Crippen LogP contribution in [-0.2, 0) is 21.4 Å². The van der Waals surface area contributed by atoms with Gasteiger partial charge in [0.1, 0.15) is 6.54 Å². The summed E-state index contributed by atoms with van der Waals surface area (Å²) in [4.78, 5) is 41.1. The highest BCUT2D eigenvalue weighted by atomic mass is 32.2. The molecule has 4 rings (SSSR count). The molecular formula is C20H19N5O6S. The van der Waals surface area contributed by atoms with Crippen LogP contribution in [0.15, 0.2) is 64.5 Å². The first-order valence-corrected chi connectivity index (χ1v) is 11.2. The molecule has 3 aromatic rings. The molecule has 0 radical (unpaired) electrons. The number of sulfonamides is 1. The fourth-order valence-corrected chi connectivity index (χ4v) is 4.95. The minimum absolute atomic E-state index is 0.0448. The molecule has 1 aromatic heterocycles. The highest BCUT2D eigenvalue weighted by Crippen LogP contribution is 2.21. The maximum atomic E-state index is 12.8. The number of fused-ring (bicyclic) bond motifs is 1. The number of hydrogen-bond acceptors (Lipinski definition) is 7. The van der Waals surface area contributed by atoms with Crippen molar-refractivity contribution in [3.63, 3.8) is 0 Å². The third-order valence-electron chi connectivity index (χ3n) is 5.31. The molecule has 0 N–H and O–H groups in total. The van der Waals surface area contributed by atoms with E-state index in [1.165, 1.54) is 32.2 Å². The van der Waals surface area contributed by atoms with Crippen molar-refractivity contribution in [3.8, 4) is 0 Å². The van der Waals surface area contributed by atoms with E-state index in [-0.39, 0.29) is 54.8 Å². The molecule has 1 saturated heterocycles. The minimum Gasteiger partial charge on any atom is -0.338 e. The molecule has 12 heteroatoms. The Morgan fingerprint density at radius 2 is 1.69 bits per heavy atom. The molecule has 0 unspecified atom stereocenters. The lowest BCUT2D eigenvalue weighted by molar-refractivity contribution is -0.384. The Kier molecular flexibility index (Phi) is 5.72. The van der Waals surface area contributed by atoms with Crippen molar-refractivity contribution >= 4 is 32.5 Å². The zero-order valence-corrected chi connectivity index (χ0v) is 17.6. The Balaban J connectivity index is 1.42. The summed E-state index contributed by atoms with van der Waals surface area (Å²) >= 11 is 0. The smallest absolute Gasteiger partial charge is 0.269 e. The number of carbonyl (C=O) groups is 1. The summed E-state index contributed by atoms with van der Waals surface area (Å²) in [5, 5.41) is 11.2. The van der Waals surface area contributed by atoms with Gasteiger partial charge in [-0.05, 0) is 24.3 Å². The van der Waals surface area contributed by atoms with Crippen LogP contribution in [0, 0.1) is 10.1 Å². The summed E-state index contributed by atoms with van der Waals surface area (Å²) in [6.07, 6.45) is 1.33. The molecule has 0 spiro atoms. The Morgan fingerprint density at radius 1 is 1.03 bits per heavy atom. The molecule has 11 nitrogen and oxygen atoms in total. The standard InChI is InChI=1S/C20H19N5O6S/c26-19(13-23-14-21-18-4-2-1-3-17(18)20(23)27)22-9-11-24(12-10-22)32(30,31)16-7-5-15(6-8-16)25(28)29/h1-8,14H,9-13H2. The van der Waals surface area contributed by atoms with Crippen molar-refractivity contribution < 1.29 is 18.1 Å². The number of nitrogens with zero attached hydrogens (tertiary/aromatic N) is 5. The molecule has 2 aromatic carbocycles. The molecule has 1 aliphatic heterocycles. The van der Waals surface area contributed by atoms with Gasteiger partial charge in [-0.25, -0.2) is 13.4 Å².